The van der Waals surface area contributed by atoms with Crippen molar-refractivity contribution in [1.29, 1.82) is 0 Å². The molecule has 25 heavy (non-hydrogen) atoms. The van der Waals surface area contributed by atoms with Gasteiger partial charge in [0.15, 0.2) is 0 Å². The normalized spacial score (nSPS) is 35.4. The van der Waals surface area contributed by atoms with Gasteiger partial charge in [0.25, 0.3) is 0 Å². The molecule has 0 unspecified atom stereocenters. The number of hydrogen-bond donors (Lipinski definition) is 0. The quantitative estimate of drug-likeness (QED) is 0.792. The van der Waals surface area contributed by atoms with E-state index in [2.05, 4.69) is 16.5 Å². The van der Waals surface area contributed by atoms with Gasteiger partial charge in [-0.05, 0) is 25.2 Å². The average molecular weight is 345 g/mol. The van der Waals surface area contributed by atoms with Gasteiger partial charge in [-0.2, -0.15) is 0 Å². The maximum absolute atomic E-state index is 12.1. The highest BCUT2D eigenvalue weighted by Crippen LogP contribution is 2.40. The molecule has 0 N–H and O–H groups in total. The minimum Gasteiger partial charge on any atom is -0.373 e. The molecular weight excluding hydrogens is 318 g/mol. The Labute approximate surface area is 148 Å². The summed E-state index contributed by atoms with van der Waals surface area (Å²) in [7, 11) is 0. The van der Waals surface area contributed by atoms with Crippen molar-refractivity contribution in [2.45, 2.75) is 69.6 Å². The SMILES string of the molecule is O=C(C[C@H]1CO[C@H]2[C@@H]1OC[C@@H]2n1cc(CC2CCCC2)nn1)C1CC1. The summed E-state index contributed by atoms with van der Waals surface area (Å²) in [5.41, 5.74) is 1.09. The van der Waals surface area contributed by atoms with E-state index in [1.54, 1.807) is 0 Å². The number of rotatable bonds is 6. The number of ether oxygens (including phenoxy) is 2. The van der Waals surface area contributed by atoms with Crippen molar-refractivity contribution in [2.24, 2.45) is 17.8 Å². The molecule has 0 amide bonds. The van der Waals surface area contributed by atoms with Crippen LogP contribution in [0.1, 0.15) is 56.7 Å². The Bertz CT molecular complexity index is 636. The van der Waals surface area contributed by atoms with Gasteiger partial charge >= 0.3 is 0 Å². The molecule has 2 saturated carbocycles. The minimum absolute atomic E-state index is 0.0121. The van der Waals surface area contributed by atoms with E-state index in [1.807, 2.05) is 4.68 Å². The first-order valence-corrected chi connectivity index (χ1v) is 9.94. The van der Waals surface area contributed by atoms with Crippen molar-refractivity contribution in [3.05, 3.63) is 11.9 Å². The minimum atomic E-state index is 0.0121. The first-order chi connectivity index (χ1) is 12.3. The predicted molar refractivity (Wildman–Crippen MR) is 90.0 cm³/mol. The molecule has 0 radical (unpaired) electrons. The van der Waals surface area contributed by atoms with Crippen LogP contribution in [0.2, 0.25) is 0 Å². The molecule has 5 rings (SSSR count). The van der Waals surface area contributed by atoms with Crippen LogP contribution < -0.4 is 0 Å². The molecule has 1 aromatic rings. The summed E-state index contributed by atoms with van der Waals surface area (Å²) in [6, 6.07) is 0.0934. The molecule has 6 nitrogen and oxygen atoms in total. The highest BCUT2D eigenvalue weighted by Gasteiger charge is 2.49. The molecule has 0 spiro atoms. The lowest BCUT2D eigenvalue weighted by molar-refractivity contribution is -0.121. The molecule has 2 saturated heterocycles. The largest absolute Gasteiger partial charge is 0.373 e. The van der Waals surface area contributed by atoms with Crippen LogP contribution in [0.25, 0.3) is 0 Å². The van der Waals surface area contributed by atoms with Gasteiger partial charge < -0.3 is 9.47 Å². The van der Waals surface area contributed by atoms with Crippen molar-refractivity contribution >= 4 is 5.78 Å². The number of aromatic nitrogens is 3. The highest BCUT2D eigenvalue weighted by atomic mass is 16.6. The molecule has 3 heterocycles. The van der Waals surface area contributed by atoms with Gasteiger partial charge in [-0.25, -0.2) is 4.68 Å². The zero-order valence-corrected chi connectivity index (χ0v) is 14.7. The van der Waals surface area contributed by atoms with E-state index in [0.29, 0.717) is 31.3 Å². The monoisotopic (exact) mass is 345 g/mol. The molecular formula is C19H27N3O3. The third-order valence-electron chi connectivity index (χ3n) is 6.50. The third-order valence-corrected chi connectivity index (χ3v) is 6.50. The summed E-state index contributed by atoms with van der Waals surface area (Å²) in [5, 5.41) is 8.75. The Kier molecular flexibility index (Phi) is 4.13. The second-order valence-corrected chi connectivity index (χ2v) is 8.41. The Morgan fingerprint density at radius 2 is 1.92 bits per heavy atom. The molecule has 0 aromatic carbocycles. The van der Waals surface area contributed by atoms with Crippen molar-refractivity contribution in [3.8, 4) is 0 Å². The Balaban J connectivity index is 1.22. The van der Waals surface area contributed by atoms with Crippen molar-refractivity contribution in [3.63, 3.8) is 0 Å². The van der Waals surface area contributed by atoms with Gasteiger partial charge in [0, 0.05) is 24.5 Å². The molecule has 1 aromatic heterocycles. The van der Waals surface area contributed by atoms with Crippen molar-refractivity contribution in [1.82, 2.24) is 15.0 Å². The van der Waals surface area contributed by atoms with Crippen LogP contribution in [-0.2, 0) is 20.7 Å². The summed E-state index contributed by atoms with van der Waals surface area (Å²) in [4.78, 5) is 12.1. The van der Waals surface area contributed by atoms with Crippen LogP contribution in [0.3, 0.4) is 0 Å². The summed E-state index contributed by atoms with van der Waals surface area (Å²) in [6.07, 6.45) is 11.3. The molecule has 2 aliphatic carbocycles. The van der Waals surface area contributed by atoms with Crippen LogP contribution in [0.4, 0.5) is 0 Å². The maximum Gasteiger partial charge on any atom is 0.136 e. The standard InChI is InChI=1S/C19H27N3O3/c23-17(13-5-6-13)8-14-10-24-19-16(11-25-18(14)19)22-9-15(20-21-22)7-12-3-1-2-4-12/h9,12-14,16,18-19H,1-8,10-11H2/t14-,16-,18+,19+/m0/s1. The number of Topliss-reactive ketones (excluding diaryl/α,β-unsaturated/α-hetero) is 1. The smallest absolute Gasteiger partial charge is 0.136 e. The number of fused-ring (bicyclic) bond motifs is 1. The van der Waals surface area contributed by atoms with Gasteiger partial charge in [0.1, 0.15) is 17.9 Å². The van der Waals surface area contributed by atoms with Gasteiger partial charge in [-0.3, -0.25) is 4.79 Å². The Hall–Kier alpha value is -1.27. The first kappa shape index (κ1) is 15.9. The maximum atomic E-state index is 12.1. The molecule has 4 fully saturated rings. The van der Waals surface area contributed by atoms with E-state index in [4.69, 9.17) is 9.47 Å². The van der Waals surface area contributed by atoms with E-state index < -0.39 is 0 Å². The van der Waals surface area contributed by atoms with Crippen molar-refractivity contribution in [2.75, 3.05) is 13.2 Å². The van der Waals surface area contributed by atoms with Crippen LogP contribution in [-0.4, -0.2) is 46.2 Å². The molecule has 2 aliphatic heterocycles. The van der Waals surface area contributed by atoms with E-state index >= 15 is 0 Å². The fourth-order valence-electron chi connectivity index (χ4n) is 4.87. The number of hydrogen-bond acceptors (Lipinski definition) is 5. The van der Waals surface area contributed by atoms with Gasteiger partial charge in [-0.1, -0.05) is 30.9 Å². The lowest BCUT2D eigenvalue weighted by Gasteiger charge is -2.16. The van der Waals surface area contributed by atoms with Gasteiger partial charge in [0.2, 0.25) is 0 Å². The fraction of sp³-hybridized carbons (Fsp3) is 0.842. The second kappa shape index (κ2) is 6.47. The zero-order chi connectivity index (χ0) is 16.8. The Morgan fingerprint density at radius 3 is 2.72 bits per heavy atom. The summed E-state index contributed by atoms with van der Waals surface area (Å²) < 4.78 is 14.0. The summed E-state index contributed by atoms with van der Waals surface area (Å²) >= 11 is 0. The Morgan fingerprint density at radius 1 is 1.12 bits per heavy atom. The second-order valence-electron chi connectivity index (χ2n) is 8.41. The van der Waals surface area contributed by atoms with Crippen LogP contribution in [0.15, 0.2) is 6.20 Å². The summed E-state index contributed by atoms with van der Waals surface area (Å²) in [6.45, 7) is 1.24. The highest BCUT2D eigenvalue weighted by molar-refractivity contribution is 5.83. The van der Waals surface area contributed by atoms with E-state index in [0.717, 1.165) is 30.9 Å². The first-order valence-electron chi connectivity index (χ1n) is 9.94. The zero-order valence-electron chi connectivity index (χ0n) is 14.7. The molecule has 6 heteroatoms. The fourth-order valence-corrected chi connectivity index (χ4v) is 4.87. The predicted octanol–water partition coefficient (Wildman–Crippen LogP) is 2.33. The third kappa shape index (κ3) is 3.14. The van der Waals surface area contributed by atoms with Crippen molar-refractivity contribution < 1.29 is 14.3 Å². The lowest BCUT2D eigenvalue weighted by Crippen LogP contribution is -2.29. The van der Waals surface area contributed by atoms with Crippen LogP contribution in [0, 0.1) is 17.8 Å². The van der Waals surface area contributed by atoms with E-state index in [9.17, 15) is 4.79 Å². The summed E-state index contributed by atoms with van der Waals surface area (Å²) in [5.74, 6) is 1.72. The van der Waals surface area contributed by atoms with E-state index in [-0.39, 0.29) is 24.2 Å². The number of carbonyl (C=O) groups excluding carboxylic acids is 1. The number of ketones is 1. The number of carbonyl (C=O) groups is 1. The molecule has 4 atom stereocenters. The molecule has 136 valence electrons. The molecule has 4 aliphatic rings. The van der Waals surface area contributed by atoms with Gasteiger partial charge in [-0.15, -0.1) is 5.10 Å². The topological polar surface area (TPSA) is 66.2 Å². The van der Waals surface area contributed by atoms with Crippen LogP contribution >= 0.6 is 0 Å². The van der Waals surface area contributed by atoms with E-state index in [1.165, 1.54) is 25.7 Å². The lowest BCUT2D eigenvalue weighted by atomic mass is 9.94. The molecule has 0 bridgehead atoms. The number of nitrogens with zero attached hydrogens (tertiary/aromatic N) is 3. The average Bonchev–Trinajstić information content (AvgIpc) is 3.02. The van der Waals surface area contributed by atoms with Crippen LogP contribution in [0.5, 0.6) is 0 Å². The van der Waals surface area contributed by atoms with Gasteiger partial charge in [0.05, 0.1) is 25.0 Å².